The maximum absolute atomic E-state index is 12.8. The number of thiophene rings is 1. The van der Waals surface area contributed by atoms with Gasteiger partial charge in [0.05, 0.1) is 22.8 Å². The lowest BCUT2D eigenvalue weighted by molar-refractivity contribution is 0.0945. The molecule has 30 heavy (non-hydrogen) atoms. The molecule has 0 saturated carbocycles. The monoisotopic (exact) mass is 420 g/mol. The highest BCUT2D eigenvalue weighted by atomic mass is 32.1. The van der Waals surface area contributed by atoms with E-state index in [1.807, 2.05) is 63.5 Å². The van der Waals surface area contributed by atoms with Gasteiger partial charge in [-0.3, -0.25) is 14.3 Å². The molecule has 6 nitrogen and oxygen atoms in total. The van der Waals surface area contributed by atoms with E-state index in [0.717, 1.165) is 33.7 Å². The first kappa shape index (κ1) is 21.3. The van der Waals surface area contributed by atoms with Crippen molar-refractivity contribution >= 4 is 41.0 Å². The second kappa shape index (κ2) is 9.37. The van der Waals surface area contributed by atoms with Gasteiger partial charge in [-0.05, 0) is 55.3 Å². The average Bonchev–Trinajstić information content (AvgIpc) is 3.35. The van der Waals surface area contributed by atoms with Crippen LogP contribution in [0, 0.1) is 6.92 Å². The van der Waals surface area contributed by atoms with Crippen molar-refractivity contribution in [1.82, 2.24) is 15.1 Å². The van der Waals surface area contributed by atoms with Gasteiger partial charge < -0.3 is 10.6 Å². The molecule has 0 fully saturated rings. The number of aldehydes is 1. The van der Waals surface area contributed by atoms with E-state index < -0.39 is 0 Å². The summed E-state index contributed by atoms with van der Waals surface area (Å²) in [5.74, 6) is -0.163. The van der Waals surface area contributed by atoms with E-state index in [-0.39, 0.29) is 11.9 Å². The number of carbonyl (C=O) groups is 2. The van der Waals surface area contributed by atoms with Crippen molar-refractivity contribution in [2.45, 2.75) is 19.9 Å². The van der Waals surface area contributed by atoms with Gasteiger partial charge in [-0.15, -0.1) is 11.3 Å². The molecule has 0 aliphatic heterocycles. The molecule has 3 rings (SSSR count). The summed E-state index contributed by atoms with van der Waals surface area (Å²) in [6, 6.07) is 9.09. The van der Waals surface area contributed by atoms with E-state index in [4.69, 9.17) is 0 Å². The highest BCUT2D eigenvalue weighted by Crippen LogP contribution is 2.21. The summed E-state index contributed by atoms with van der Waals surface area (Å²) < 4.78 is 1.71. The van der Waals surface area contributed by atoms with Gasteiger partial charge in [-0.25, -0.2) is 0 Å². The first-order valence-electron chi connectivity index (χ1n) is 9.45. The minimum absolute atomic E-state index is 0.163. The zero-order chi connectivity index (χ0) is 21.7. The Hall–Kier alpha value is -3.45. The molecule has 0 aliphatic rings. The molecule has 1 aromatic carbocycles. The number of aryl methyl sites for hydroxylation is 2. The lowest BCUT2D eigenvalue weighted by Gasteiger charge is -2.16. The number of nitrogens with one attached hydrogen (secondary N) is 2. The lowest BCUT2D eigenvalue weighted by atomic mass is 10.1. The Kier molecular flexibility index (Phi) is 6.64. The Morgan fingerprint density at radius 2 is 2.00 bits per heavy atom. The van der Waals surface area contributed by atoms with Crippen LogP contribution in [0.4, 0.5) is 11.4 Å². The molecule has 0 saturated heterocycles. The van der Waals surface area contributed by atoms with E-state index in [2.05, 4.69) is 22.3 Å². The molecule has 7 heteroatoms. The minimum atomic E-state index is -0.242. The molecular formula is C23H24N4O2S. The lowest BCUT2D eigenvalue weighted by Crippen LogP contribution is -2.33. The van der Waals surface area contributed by atoms with Gasteiger partial charge in [0.2, 0.25) is 0 Å². The highest BCUT2D eigenvalue weighted by molar-refractivity contribution is 7.14. The number of hydrogen-bond donors (Lipinski definition) is 2. The first-order chi connectivity index (χ1) is 14.4. The molecule has 2 N–H and O–H groups in total. The number of amides is 1. The number of carbonyl (C=O) groups excluding carboxylic acids is 2. The number of benzene rings is 1. The zero-order valence-electron chi connectivity index (χ0n) is 17.2. The van der Waals surface area contributed by atoms with Crippen LogP contribution in [0.5, 0.6) is 0 Å². The summed E-state index contributed by atoms with van der Waals surface area (Å²) in [5.41, 5.74) is 3.92. The number of hydrogen-bond acceptors (Lipinski definition) is 5. The third kappa shape index (κ3) is 5.33. The molecule has 1 amide bonds. The highest BCUT2D eigenvalue weighted by Gasteiger charge is 2.14. The SMILES string of the molecule is C=C(/C=C/c1ccc(C=O)s1)[C@@H](C)NC(=O)c1cc(Nc2cnn(C)c2)ccc1C. The summed E-state index contributed by atoms with van der Waals surface area (Å²) in [7, 11) is 1.85. The number of nitrogens with zero attached hydrogens (tertiary/aromatic N) is 2. The molecule has 0 aliphatic carbocycles. The van der Waals surface area contributed by atoms with Gasteiger partial charge in [0.1, 0.15) is 0 Å². The molecule has 2 heterocycles. The fraction of sp³-hybridized carbons (Fsp3) is 0.174. The standard InChI is InChI=1S/C23H24N4O2S/c1-15(6-8-20-9-10-21(14-28)30-20)17(3)25-23(29)22-11-18(7-5-16(22)2)26-19-12-24-27(4)13-19/h5-14,17,26H,1H2,2-4H3,(H,25,29)/b8-6+/t17-/m1/s1. The minimum Gasteiger partial charge on any atom is -0.353 e. The summed E-state index contributed by atoms with van der Waals surface area (Å²) in [6.07, 6.45) is 8.18. The largest absolute Gasteiger partial charge is 0.353 e. The smallest absolute Gasteiger partial charge is 0.252 e. The Morgan fingerprint density at radius 3 is 2.67 bits per heavy atom. The van der Waals surface area contributed by atoms with Crippen molar-refractivity contribution in [3.05, 3.63) is 81.8 Å². The van der Waals surface area contributed by atoms with E-state index in [9.17, 15) is 9.59 Å². The van der Waals surface area contributed by atoms with E-state index in [1.165, 1.54) is 11.3 Å². The third-order valence-electron chi connectivity index (χ3n) is 4.60. The summed E-state index contributed by atoms with van der Waals surface area (Å²) in [6.45, 7) is 7.85. The maximum atomic E-state index is 12.8. The van der Waals surface area contributed by atoms with Crippen molar-refractivity contribution in [2.75, 3.05) is 5.32 Å². The van der Waals surface area contributed by atoms with Crippen LogP contribution in [0.2, 0.25) is 0 Å². The molecule has 0 bridgehead atoms. The predicted molar refractivity (Wildman–Crippen MR) is 122 cm³/mol. The van der Waals surface area contributed by atoms with E-state index >= 15 is 0 Å². The molecule has 0 spiro atoms. The molecule has 0 radical (unpaired) electrons. The van der Waals surface area contributed by atoms with Crippen LogP contribution in [0.25, 0.3) is 6.08 Å². The van der Waals surface area contributed by atoms with Crippen LogP contribution in [-0.2, 0) is 7.05 Å². The van der Waals surface area contributed by atoms with Crippen LogP contribution < -0.4 is 10.6 Å². The predicted octanol–water partition coefficient (Wildman–Crippen LogP) is 4.73. The van der Waals surface area contributed by atoms with E-state index in [1.54, 1.807) is 16.9 Å². The quantitative estimate of drug-likeness (QED) is 0.408. The second-order valence-electron chi connectivity index (χ2n) is 7.02. The second-order valence-corrected chi connectivity index (χ2v) is 8.17. The first-order valence-corrected chi connectivity index (χ1v) is 10.3. The Bertz CT molecular complexity index is 1110. The molecular weight excluding hydrogens is 396 g/mol. The topological polar surface area (TPSA) is 76.0 Å². The van der Waals surface area contributed by atoms with Gasteiger partial charge in [0, 0.05) is 29.4 Å². The van der Waals surface area contributed by atoms with Gasteiger partial charge in [-0.2, -0.15) is 5.10 Å². The van der Waals surface area contributed by atoms with Crippen molar-refractivity contribution in [3.63, 3.8) is 0 Å². The fourth-order valence-corrected chi connectivity index (χ4v) is 3.55. The van der Waals surface area contributed by atoms with Crippen molar-refractivity contribution in [3.8, 4) is 0 Å². The van der Waals surface area contributed by atoms with Gasteiger partial charge in [-0.1, -0.05) is 18.7 Å². The molecule has 0 unspecified atom stereocenters. The summed E-state index contributed by atoms with van der Waals surface area (Å²) >= 11 is 1.41. The number of aromatic nitrogens is 2. The van der Waals surface area contributed by atoms with Gasteiger partial charge in [0.25, 0.3) is 5.91 Å². The maximum Gasteiger partial charge on any atom is 0.252 e. The Balaban J connectivity index is 1.65. The number of rotatable bonds is 8. The van der Waals surface area contributed by atoms with Crippen molar-refractivity contribution in [1.29, 1.82) is 0 Å². The van der Waals surface area contributed by atoms with Gasteiger partial charge in [0.15, 0.2) is 6.29 Å². The van der Waals surface area contributed by atoms with Crippen molar-refractivity contribution in [2.24, 2.45) is 7.05 Å². The van der Waals surface area contributed by atoms with Crippen LogP contribution in [0.3, 0.4) is 0 Å². The summed E-state index contributed by atoms with van der Waals surface area (Å²) in [4.78, 5) is 25.3. The average molecular weight is 421 g/mol. The zero-order valence-corrected chi connectivity index (χ0v) is 18.0. The Labute approximate surface area is 179 Å². The normalized spacial score (nSPS) is 12.0. The van der Waals surface area contributed by atoms with Crippen LogP contribution in [-0.4, -0.2) is 28.0 Å². The number of anilines is 2. The van der Waals surface area contributed by atoms with Crippen LogP contribution in [0.15, 0.2) is 61.0 Å². The van der Waals surface area contributed by atoms with Gasteiger partial charge >= 0.3 is 0 Å². The van der Waals surface area contributed by atoms with Crippen LogP contribution >= 0.6 is 11.3 Å². The molecule has 3 aromatic rings. The van der Waals surface area contributed by atoms with Crippen molar-refractivity contribution < 1.29 is 9.59 Å². The molecule has 2 aromatic heterocycles. The molecule has 154 valence electrons. The molecule has 1 atom stereocenters. The Morgan fingerprint density at radius 1 is 1.23 bits per heavy atom. The fourth-order valence-electron chi connectivity index (χ4n) is 2.82. The third-order valence-corrected chi connectivity index (χ3v) is 5.58. The van der Waals surface area contributed by atoms with E-state index in [0.29, 0.717) is 10.4 Å². The summed E-state index contributed by atoms with van der Waals surface area (Å²) in [5, 5.41) is 10.4. The van der Waals surface area contributed by atoms with Crippen LogP contribution in [0.1, 0.15) is 37.4 Å².